The summed E-state index contributed by atoms with van der Waals surface area (Å²) in [5.74, 6) is 0.962. The van der Waals surface area contributed by atoms with Gasteiger partial charge in [-0.15, -0.1) is 0 Å². The maximum atomic E-state index is 9.90. The van der Waals surface area contributed by atoms with Crippen molar-refractivity contribution < 1.29 is 9.84 Å². The molecule has 2 N–H and O–H groups in total. The molecule has 1 aromatic carbocycles. The highest BCUT2D eigenvalue weighted by atomic mass is 35.5. The Labute approximate surface area is 149 Å². The Hall–Kier alpha value is -2.64. The van der Waals surface area contributed by atoms with E-state index in [0.717, 1.165) is 35.7 Å². The van der Waals surface area contributed by atoms with Crippen molar-refractivity contribution in [3.8, 4) is 28.3 Å². The maximum Gasteiger partial charge on any atom is 0.134 e. The molecule has 4 rings (SSSR count). The molecule has 1 fully saturated rings. The minimum Gasteiger partial charge on any atom is -0.508 e. The van der Waals surface area contributed by atoms with E-state index in [1.165, 1.54) is 12.4 Å². The number of phenols is 1. The number of anilines is 1. The van der Waals surface area contributed by atoms with E-state index in [1.54, 1.807) is 18.3 Å². The van der Waals surface area contributed by atoms with Crippen LogP contribution in [0.25, 0.3) is 22.5 Å². The van der Waals surface area contributed by atoms with Gasteiger partial charge < -0.3 is 14.7 Å². The van der Waals surface area contributed by atoms with Gasteiger partial charge in [-0.25, -0.2) is 9.97 Å². The number of aromatic amines is 1. The van der Waals surface area contributed by atoms with Crippen LogP contribution >= 0.6 is 11.6 Å². The van der Waals surface area contributed by atoms with Crippen molar-refractivity contribution in [2.24, 2.45) is 0 Å². The Kier molecular flexibility index (Phi) is 4.25. The van der Waals surface area contributed by atoms with E-state index in [9.17, 15) is 5.11 Å². The van der Waals surface area contributed by atoms with Crippen LogP contribution in [0.3, 0.4) is 0 Å². The van der Waals surface area contributed by atoms with Crippen molar-refractivity contribution in [3.63, 3.8) is 0 Å². The maximum absolute atomic E-state index is 9.90. The fraction of sp³-hybridized carbons (Fsp3) is 0.235. The van der Waals surface area contributed by atoms with Crippen LogP contribution in [0.15, 0.2) is 36.8 Å². The van der Waals surface area contributed by atoms with Gasteiger partial charge in [-0.3, -0.25) is 5.10 Å². The number of aromatic hydroxyl groups is 1. The summed E-state index contributed by atoms with van der Waals surface area (Å²) in [6, 6.07) is 6.73. The lowest BCUT2D eigenvalue weighted by Crippen LogP contribution is -2.36. The summed E-state index contributed by atoms with van der Waals surface area (Å²) in [5, 5.41) is 17.9. The standard InChI is InChI=1S/C17H16ClN5O2/c18-12-7-11(8-13(24)9-12)16-15(14-1-2-19-10-20-14)17(22-21-16)23-3-5-25-6-4-23/h1-2,7-10,24H,3-6H2,(H,21,22). The van der Waals surface area contributed by atoms with Crippen molar-refractivity contribution in [3.05, 3.63) is 41.8 Å². The molecule has 25 heavy (non-hydrogen) atoms. The number of ether oxygens (including phenoxy) is 1. The number of nitrogens with one attached hydrogen (secondary N) is 1. The molecule has 0 saturated carbocycles. The molecule has 128 valence electrons. The van der Waals surface area contributed by atoms with E-state index in [2.05, 4.69) is 25.1 Å². The van der Waals surface area contributed by atoms with Gasteiger partial charge in [0.25, 0.3) is 0 Å². The molecule has 0 radical (unpaired) electrons. The lowest BCUT2D eigenvalue weighted by molar-refractivity contribution is 0.122. The number of H-pyrrole nitrogens is 1. The first kappa shape index (κ1) is 15.9. The molecule has 0 unspecified atom stereocenters. The van der Waals surface area contributed by atoms with Crippen LogP contribution in [0.5, 0.6) is 5.75 Å². The lowest BCUT2D eigenvalue weighted by Gasteiger charge is -2.28. The number of hydrogen-bond acceptors (Lipinski definition) is 6. The van der Waals surface area contributed by atoms with Crippen molar-refractivity contribution in [2.45, 2.75) is 0 Å². The molecule has 1 saturated heterocycles. The average molecular weight is 358 g/mol. The zero-order chi connectivity index (χ0) is 17.2. The van der Waals surface area contributed by atoms with Crippen molar-refractivity contribution in [2.75, 3.05) is 31.2 Å². The molecule has 1 aliphatic rings. The van der Waals surface area contributed by atoms with Gasteiger partial charge in [0, 0.05) is 29.9 Å². The number of phenolic OH excluding ortho intramolecular Hbond substituents is 1. The van der Waals surface area contributed by atoms with Crippen LogP contribution in [-0.4, -0.2) is 51.6 Å². The van der Waals surface area contributed by atoms with E-state index >= 15 is 0 Å². The highest BCUT2D eigenvalue weighted by Gasteiger charge is 2.23. The second-order valence-electron chi connectivity index (χ2n) is 5.69. The Morgan fingerprint density at radius 3 is 2.76 bits per heavy atom. The molecule has 0 spiro atoms. The lowest BCUT2D eigenvalue weighted by atomic mass is 10.0. The molecule has 7 nitrogen and oxygen atoms in total. The van der Waals surface area contributed by atoms with E-state index in [-0.39, 0.29) is 5.75 Å². The van der Waals surface area contributed by atoms with Gasteiger partial charge in [-0.1, -0.05) is 11.6 Å². The Bertz CT molecular complexity index is 858. The number of morpholine rings is 1. The molecular weight excluding hydrogens is 342 g/mol. The normalized spacial score (nSPS) is 14.7. The van der Waals surface area contributed by atoms with Crippen LogP contribution in [0.1, 0.15) is 0 Å². The van der Waals surface area contributed by atoms with Crippen LogP contribution < -0.4 is 4.90 Å². The third-order valence-corrected chi connectivity index (χ3v) is 4.29. The minimum absolute atomic E-state index is 0.0899. The first-order valence-electron chi connectivity index (χ1n) is 7.90. The number of halogens is 1. The summed E-state index contributed by atoms with van der Waals surface area (Å²) in [7, 11) is 0. The number of rotatable bonds is 3. The van der Waals surface area contributed by atoms with Crippen LogP contribution in [0.4, 0.5) is 5.82 Å². The highest BCUT2D eigenvalue weighted by Crippen LogP contribution is 2.38. The molecule has 8 heteroatoms. The number of aromatic nitrogens is 4. The molecule has 1 aliphatic heterocycles. The minimum atomic E-state index is 0.0899. The van der Waals surface area contributed by atoms with Gasteiger partial charge in [-0.05, 0) is 24.3 Å². The van der Waals surface area contributed by atoms with Crippen LogP contribution in [-0.2, 0) is 4.74 Å². The summed E-state index contributed by atoms with van der Waals surface area (Å²) in [4.78, 5) is 10.6. The Morgan fingerprint density at radius 1 is 1.20 bits per heavy atom. The second kappa shape index (κ2) is 6.70. The number of benzene rings is 1. The van der Waals surface area contributed by atoms with Gasteiger partial charge in [0.15, 0.2) is 0 Å². The predicted molar refractivity (Wildman–Crippen MR) is 94.8 cm³/mol. The largest absolute Gasteiger partial charge is 0.508 e. The molecule has 3 aromatic rings. The van der Waals surface area contributed by atoms with Crippen LogP contribution in [0, 0.1) is 0 Å². The topological polar surface area (TPSA) is 87.2 Å². The first-order valence-corrected chi connectivity index (χ1v) is 8.27. The molecule has 0 amide bonds. The van der Waals surface area contributed by atoms with Gasteiger partial charge in [0.2, 0.25) is 0 Å². The zero-order valence-corrected chi connectivity index (χ0v) is 14.1. The summed E-state index contributed by atoms with van der Waals surface area (Å²) in [6.07, 6.45) is 3.20. The molecule has 2 aromatic heterocycles. The summed E-state index contributed by atoms with van der Waals surface area (Å²) in [5.41, 5.74) is 3.00. The molecular formula is C17H16ClN5O2. The fourth-order valence-corrected chi connectivity index (χ4v) is 3.18. The quantitative estimate of drug-likeness (QED) is 0.749. The van der Waals surface area contributed by atoms with Gasteiger partial charge in [0.1, 0.15) is 23.6 Å². The van der Waals surface area contributed by atoms with Crippen molar-refractivity contribution in [1.82, 2.24) is 20.2 Å². The van der Waals surface area contributed by atoms with Gasteiger partial charge in [0.05, 0.1) is 24.5 Å². The van der Waals surface area contributed by atoms with E-state index < -0.39 is 0 Å². The summed E-state index contributed by atoms with van der Waals surface area (Å²) in [6.45, 7) is 2.85. The smallest absolute Gasteiger partial charge is 0.134 e. The summed E-state index contributed by atoms with van der Waals surface area (Å²) >= 11 is 6.10. The van der Waals surface area contributed by atoms with Crippen LogP contribution in [0.2, 0.25) is 5.02 Å². The van der Waals surface area contributed by atoms with E-state index in [1.807, 2.05) is 6.07 Å². The highest BCUT2D eigenvalue weighted by molar-refractivity contribution is 6.31. The predicted octanol–water partition coefficient (Wildman–Crippen LogP) is 2.73. The van der Waals surface area contributed by atoms with Crippen molar-refractivity contribution in [1.29, 1.82) is 0 Å². The molecule has 0 aliphatic carbocycles. The summed E-state index contributed by atoms with van der Waals surface area (Å²) < 4.78 is 5.44. The number of hydrogen-bond donors (Lipinski definition) is 2. The SMILES string of the molecule is Oc1cc(Cl)cc(-c2n[nH]c(N3CCOCC3)c2-c2ccncn2)c1. The second-order valence-corrected chi connectivity index (χ2v) is 6.12. The van der Waals surface area contributed by atoms with Crippen molar-refractivity contribution >= 4 is 17.4 Å². The molecule has 0 bridgehead atoms. The number of nitrogens with zero attached hydrogens (tertiary/aromatic N) is 4. The van der Waals surface area contributed by atoms with E-state index in [4.69, 9.17) is 16.3 Å². The average Bonchev–Trinajstić information content (AvgIpc) is 3.07. The van der Waals surface area contributed by atoms with Gasteiger partial charge >= 0.3 is 0 Å². The Balaban J connectivity index is 1.88. The molecule has 3 heterocycles. The third kappa shape index (κ3) is 3.16. The first-order chi connectivity index (χ1) is 12.2. The third-order valence-electron chi connectivity index (χ3n) is 4.07. The monoisotopic (exact) mass is 357 g/mol. The van der Waals surface area contributed by atoms with E-state index in [0.29, 0.717) is 23.9 Å². The Morgan fingerprint density at radius 2 is 2.04 bits per heavy atom. The molecule has 0 atom stereocenters. The zero-order valence-electron chi connectivity index (χ0n) is 13.3. The van der Waals surface area contributed by atoms with Gasteiger partial charge in [-0.2, -0.15) is 5.10 Å². The fourth-order valence-electron chi connectivity index (χ4n) is 2.95.